The molecule has 2 rings (SSSR count). The third-order valence-electron chi connectivity index (χ3n) is 3.30. The Labute approximate surface area is 146 Å². The summed E-state index contributed by atoms with van der Waals surface area (Å²) in [6.45, 7) is 0. The van der Waals surface area contributed by atoms with E-state index in [0.29, 0.717) is 22.1 Å². The molecule has 0 spiro atoms. The second kappa shape index (κ2) is 7.59. The highest BCUT2D eigenvalue weighted by Crippen LogP contribution is 2.27. The van der Waals surface area contributed by atoms with Gasteiger partial charge in [-0.05, 0) is 30.3 Å². The summed E-state index contributed by atoms with van der Waals surface area (Å²) in [6, 6.07) is 9.39. The first-order valence-corrected chi connectivity index (χ1v) is 9.04. The van der Waals surface area contributed by atoms with E-state index < -0.39 is 9.84 Å². The Hall–Kier alpha value is -2.18. The van der Waals surface area contributed by atoms with Gasteiger partial charge in [-0.25, -0.2) is 8.42 Å². The van der Waals surface area contributed by atoms with Crippen LogP contribution in [0.25, 0.3) is 6.08 Å². The number of phenols is 1. The molecule has 5 nitrogen and oxygen atoms in total. The van der Waals surface area contributed by atoms with Crippen molar-refractivity contribution in [2.75, 3.05) is 14.2 Å². The summed E-state index contributed by atoms with van der Waals surface area (Å²) in [5.41, 5.74) is 0.882. The Morgan fingerprint density at radius 2 is 1.88 bits per heavy atom. The minimum Gasteiger partial charge on any atom is -0.508 e. The molecule has 0 bridgehead atoms. The van der Waals surface area contributed by atoms with Gasteiger partial charge in [0.05, 0.1) is 20.0 Å². The first-order valence-electron chi connectivity index (χ1n) is 6.95. The van der Waals surface area contributed by atoms with Crippen LogP contribution in [0.15, 0.2) is 41.8 Å². The molecule has 0 atom stereocenters. The third-order valence-corrected chi connectivity index (χ3v) is 4.80. The number of hydrogen-bond acceptors (Lipinski definition) is 5. The van der Waals surface area contributed by atoms with E-state index in [1.807, 2.05) is 0 Å². The largest absolute Gasteiger partial charge is 0.508 e. The maximum atomic E-state index is 12.2. The Balaban J connectivity index is 2.24. The van der Waals surface area contributed by atoms with Crippen LogP contribution in [0, 0.1) is 0 Å². The van der Waals surface area contributed by atoms with E-state index in [1.165, 1.54) is 38.5 Å². The highest BCUT2D eigenvalue weighted by molar-refractivity contribution is 7.93. The minimum atomic E-state index is -3.58. The molecular formula is C17H17ClO5S. The lowest BCUT2D eigenvalue weighted by Gasteiger charge is -2.07. The predicted octanol–water partition coefficient (Wildman–Crippen LogP) is 3.65. The molecule has 0 aliphatic carbocycles. The Bertz CT molecular complexity index is 859. The normalized spacial score (nSPS) is 11.6. The SMILES string of the molecule is COc1ccc(C=CS(=O)(=O)Cc2ccc(Cl)cc2O)c(OC)c1. The fraction of sp³-hybridized carbons (Fsp3) is 0.176. The van der Waals surface area contributed by atoms with E-state index in [0.717, 1.165) is 5.41 Å². The fourth-order valence-electron chi connectivity index (χ4n) is 2.06. The van der Waals surface area contributed by atoms with Crippen molar-refractivity contribution < 1.29 is 23.0 Å². The number of methoxy groups -OCH3 is 2. The van der Waals surface area contributed by atoms with Crippen LogP contribution >= 0.6 is 11.6 Å². The van der Waals surface area contributed by atoms with Crippen LogP contribution in [0.3, 0.4) is 0 Å². The zero-order valence-electron chi connectivity index (χ0n) is 13.2. The van der Waals surface area contributed by atoms with Gasteiger partial charge in [0.2, 0.25) is 0 Å². The minimum absolute atomic E-state index is 0.151. The van der Waals surface area contributed by atoms with Gasteiger partial charge >= 0.3 is 0 Å². The number of hydrogen-bond donors (Lipinski definition) is 1. The van der Waals surface area contributed by atoms with Gasteiger partial charge in [-0.15, -0.1) is 0 Å². The van der Waals surface area contributed by atoms with E-state index in [1.54, 1.807) is 18.2 Å². The molecule has 7 heteroatoms. The van der Waals surface area contributed by atoms with Gasteiger partial charge in [-0.1, -0.05) is 17.7 Å². The summed E-state index contributed by atoms with van der Waals surface area (Å²) in [4.78, 5) is 0. The molecule has 2 aromatic rings. The van der Waals surface area contributed by atoms with Crippen LogP contribution in [0.4, 0.5) is 0 Å². The quantitative estimate of drug-likeness (QED) is 0.842. The van der Waals surface area contributed by atoms with Gasteiger partial charge in [0.15, 0.2) is 9.84 Å². The van der Waals surface area contributed by atoms with E-state index in [9.17, 15) is 13.5 Å². The molecular weight excluding hydrogens is 352 g/mol. The second-order valence-corrected chi connectivity index (χ2v) is 7.31. The van der Waals surface area contributed by atoms with Crippen LogP contribution in [0.2, 0.25) is 5.02 Å². The number of sulfone groups is 1. The van der Waals surface area contributed by atoms with Crippen LogP contribution in [-0.4, -0.2) is 27.7 Å². The first kappa shape index (κ1) is 18.2. The van der Waals surface area contributed by atoms with Crippen molar-refractivity contribution in [2.45, 2.75) is 5.75 Å². The highest BCUT2D eigenvalue weighted by atomic mass is 35.5. The molecule has 24 heavy (non-hydrogen) atoms. The van der Waals surface area contributed by atoms with Crippen molar-refractivity contribution >= 4 is 27.5 Å². The lowest BCUT2D eigenvalue weighted by molar-refractivity contribution is 0.394. The maximum absolute atomic E-state index is 12.2. The number of ether oxygens (including phenoxy) is 2. The Morgan fingerprint density at radius 1 is 1.12 bits per heavy atom. The monoisotopic (exact) mass is 368 g/mol. The van der Waals surface area contributed by atoms with Crippen molar-refractivity contribution in [3.8, 4) is 17.2 Å². The van der Waals surface area contributed by atoms with Crippen molar-refractivity contribution in [2.24, 2.45) is 0 Å². The molecule has 2 aromatic carbocycles. The zero-order chi connectivity index (χ0) is 17.7. The van der Waals surface area contributed by atoms with E-state index >= 15 is 0 Å². The van der Waals surface area contributed by atoms with Gasteiger partial charge in [0.1, 0.15) is 17.2 Å². The predicted molar refractivity (Wildman–Crippen MR) is 94.3 cm³/mol. The van der Waals surface area contributed by atoms with Crippen LogP contribution < -0.4 is 9.47 Å². The second-order valence-electron chi connectivity index (χ2n) is 4.99. The molecule has 0 unspecified atom stereocenters. The summed E-state index contributed by atoms with van der Waals surface area (Å²) in [6.07, 6.45) is 1.45. The molecule has 0 saturated carbocycles. The van der Waals surface area contributed by atoms with Gasteiger partial charge in [0, 0.05) is 27.6 Å². The van der Waals surface area contributed by atoms with Crippen LogP contribution in [0.1, 0.15) is 11.1 Å². The lowest BCUT2D eigenvalue weighted by Crippen LogP contribution is -2.00. The average molecular weight is 369 g/mol. The summed E-state index contributed by atoms with van der Waals surface area (Å²) in [7, 11) is -0.552. The molecule has 0 fully saturated rings. The van der Waals surface area contributed by atoms with Crippen LogP contribution in [-0.2, 0) is 15.6 Å². The van der Waals surface area contributed by atoms with Gasteiger partial charge in [-0.3, -0.25) is 0 Å². The molecule has 0 heterocycles. The number of halogens is 1. The summed E-state index contributed by atoms with van der Waals surface area (Å²) >= 11 is 5.74. The summed E-state index contributed by atoms with van der Waals surface area (Å²) in [5, 5.41) is 11.2. The third kappa shape index (κ3) is 4.66. The van der Waals surface area contributed by atoms with Crippen molar-refractivity contribution in [1.29, 1.82) is 0 Å². The number of benzene rings is 2. The van der Waals surface area contributed by atoms with Crippen molar-refractivity contribution in [3.05, 3.63) is 58.0 Å². The van der Waals surface area contributed by atoms with Gasteiger partial charge in [0.25, 0.3) is 0 Å². The van der Waals surface area contributed by atoms with E-state index in [2.05, 4.69) is 0 Å². The molecule has 0 radical (unpaired) electrons. The highest BCUT2D eigenvalue weighted by Gasteiger charge is 2.12. The fourth-order valence-corrected chi connectivity index (χ4v) is 3.35. The van der Waals surface area contributed by atoms with E-state index in [-0.39, 0.29) is 17.1 Å². The smallest absolute Gasteiger partial charge is 0.175 e. The zero-order valence-corrected chi connectivity index (χ0v) is 14.8. The topological polar surface area (TPSA) is 72.8 Å². The summed E-state index contributed by atoms with van der Waals surface area (Å²) < 4.78 is 34.8. The first-order chi connectivity index (χ1) is 11.3. The van der Waals surface area contributed by atoms with Gasteiger partial charge < -0.3 is 14.6 Å². The molecule has 1 N–H and O–H groups in total. The Morgan fingerprint density at radius 3 is 2.50 bits per heavy atom. The Kier molecular flexibility index (Phi) is 5.75. The molecule has 0 aliphatic rings. The number of phenolic OH excluding ortho intramolecular Hbond substituents is 1. The number of rotatable bonds is 6. The van der Waals surface area contributed by atoms with Crippen molar-refractivity contribution in [3.63, 3.8) is 0 Å². The standard InChI is InChI=1S/C17H17ClO5S/c1-22-15-6-4-12(17(10-15)23-2)7-8-24(20,21)11-13-3-5-14(18)9-16(13)19/h3-10,19H,11H2,1-2H3. The molecule has 0 amide bonds. The van der Waals surface area contributed by atoms with Crippen molar-refractivity contribution in [1.82, 2.24) is 0 Å². The van der Waals surface area contributed by atoms with Crippen LogP contribution in [0.5, 0.6) is 17.2 Å². The average Bonchev–Trinajstić information content (AvgIpc) is 2.55. The molecule has 0 aliphatic heterocycles. The number of aromatic hydroxyl groups is 1. The molecule has 128 valence electrons. The maximum Gasteiger partial charge on any atom is 0.175 e. The molecule has 0 saturated heterocycles. The molecule has 0 aromatic heterocycles. The summed E-state index contributed by atoms with van der Waals surface area (Å²) in [5.74, 6) is 0.625. The van der Waals surface area contributed by atoms with Gasteiger partial charge in [-0.2, -0.15) is 0 Å². The lowest BCUT2D eigenvalue weighted by atomic mass is 10.2. The van der Waals surface area contributed by atoms with E-state index in [4.69, 9.17) is 21.1 Å².